The normalized spacial score (nSPS) is 19.0. The predicted octanol–water partition coefficient (Wildman–Crippen LogP) is 2.37. The molecule has 2 aliphatic heterocycles. The molecule has 9 heteroatoms. The van der Waals surface area contributed by atoms with E-state index in [0.717, 1.165) is 12.0 Å². The van der Waals surface area contributed by atoms with Crippen LogP contribution in [0.1, 0.15) is 25.3 Å². The molecule has 2 amide bonds. The Labute approximate surface area is 175 Å². The molecule has 0 aromatic heterocycles. The van der Waals surface area contributed by atoms with Crippen molar-refractivity contribution in [2.75, 3.05) is 23.8 Å². The molecular formula is C21H23N3O5S. The Bertz CT molecular complexity index is 1080. The van der Waals surface area contributed by atoms with Crippen LogP contribution in [0.25, 0.3) is 0 Å². The molecule has 2 aromatic carbocycles. The van der Waals surface area contributed by atoms with Crippen molar-refractivity contribution in [2.24, 2.45) is 0 Å². The smallest absolute Gasteiger partial charge is 0.262 e. The maximum atomic E-state index is 13.2. The Morgan fingerprint density at radius 1 is 1.23 bits per heavy atom. The summed E-state index contributed by atoms with van der Waals surface area (Å²) in [4.78, 5) is 24.4. The molecule has 0 unspecified atom stereocenters. The summed E-state index contributed by atoms with van der Waals surface area (Å²) in [6.45, 7) is 2.20. The van der Waals surface area contributed by atoms with Crippen molar-refractivity contribution in [3.05, 3.63) is 48.0 Å². The first kappa shape index (κ1) is 20.4. The molecule has 4 rings (SSSR count). The molecule has 30 heavy (non-hydrogen) atoms. The third-order valence-corrected chi connectivity index (χ3v) is 7.23. The number of aryl methyl sites for hydroxylation is 1. The number of amides is 2. The maximum absolute atomic E-state index is 13.2. The zero-order valence-electron chi connectivity index (χ0n) is 16.6. The molecule has 2 aliphatic rings. The van der Waals surface area contributed by atoms with E-state index in [9.17, 15) is 18.0 Å². The molecule has 2 aromatic rings. The number of nitrogens with one attached hydrogen (secondary N) is 2. The lowest BCUT2D eigenvalue weighted by Gasteiger charge is -2.24. The van der Waals surface area contributed by atoms with Crippen molar-refractivity contribution >= 4 is 33.2 Å². The topological polar surface area (TPSA) is 105 Å². The van der Waals surface area contributed by atoms with Crippen molar-refractivity contribution in [2.45, 2.75) is 37.1 Å². The van der Waals surface area contributed by atoms with Crippen LogP contribution in [0.3, 0.4) is 0 Å². The van der Waals surface area contributed by atoms with Crippen LogP contribution in [0.4, 0.5) is 11.4 Å². The SMILES string of the molecule is CCc1ccc(NC(=O)[C@@H]2CCCN2S(=O)(=O)c2ccc3c(c2)NC(=O)CO3)cc1. The minimum atomic E-state index is -3.92. The molecule has 1 atom stereocenters. The van der Waals surface area contributed by atoms with Crippen LogP contribution in [0.2, 0.25) is 0 Å². The van der Waals surface area contributed by atoms with Gasteiger partial charge in [-0.2, -0.15) is 4.31 Å². The van der Waals surface area contributed by atoms with Gasteiger partial charge in [-0.05, 0) is 55.2 Å². The molecule has 2 N–H and O–H groups in total. The van der Waals surface area contributed by atoms with Crippen LogP contribution in [-0.4, -0.2) is 43.7 Å². The fourth-order valence-electron chi connectivity index (χ4n) is 3.70. The molecule has 8 nitrogen and oxygen atoms in total. The lowest BCUT2D eigenvalue weighted by Crippen LogP contribution is -2.43. The monoisotopic (exact) mass is 429 g/mol. The summed E-state index contributed by atoms with van der Waals surface area (Å²) in [6.07, 6.45) is 1.94. The van der Waals surface area contributed by atoms with E-state index < -0.39 is 16.1 Å². The summed E-state index contributed by atoms with van der Waals surface area (Å²) in [5.41, 5.74) is 2.10. The quantitative estimate of drug-likeness (QED) is 0.759. The fraction of sp³-hybridized carbons (Fsp3) is 0.333. The number of hydrogen-bond acceptors (Lipinski definition) is 5. The molecule has 0 spiro atoms. The fourth-order valence-corrected chi connectivity index (χ4v) is 5.38. The van der Waals surface area contributed by atoms with Crippen LogP contribution >= 0.6 is 0 Å². The molecule has 0 bridgehead atoms. The highest BCUT2D eigenvalue weighted by Gasteiger charge is 2.39. The molecule has 158 valence electrons. The van der Waals surface area contributed by atoms with Gasteiger partial charge in [0.1, 0.15) is 11.8 Å². The van der Waals surface area contributed by atoms with Crippen LogP contribution in [0, 0.1) is 0 Å². The lowest BCUT2D eigenvalue weighted by atomic mass is 10.1. The number of rotatable bonds is 5. The Morgan fingerprint density at radius 2 is 2.00 bits per heavy atom. The number of fused-ring (bicyclic) bond motifs is 1. The van der Waals surface area contributed by atoms with Gasteiger partial charge in [0.25, 0.3) is 5.91 Å². The van der Waals surface area contributed by atoms with Crippen molar-refractivity contribution in [1.82, 2.24) is 4.31 Å². The van der Waals surface area contributed by atoms with Gasteiger partial charge in [-0.15, -0.1) is 0 Å². The standard InChI is InChI=1S/C21H23N3O5S/c1-2-14-5-7-15(8-6-14)22-21(26)18-4-3-11-24(18)30(27,28)16-9-10-19-17(12-16)23-20(25)13-29-19/h5-10,12,18H,2-4,11,13H2,1H3,(H,22,26)(H,23,25)/t18-/m0/s1. The van der Waals surface area contributed by atoms with Gasteiger partial charge in [0, 0.05) is 12.2 Å². The second-order valence-electron chi connectivity index (χ2n) is 7.31. The third-order valence-electron chi connectivity index (χ3n) is 5.33. The van der Waals surface area contributed by atoms with E-state index in [4.69, 9.17) is 4.74 Å². The van der Waals surface area contributed by atoms with Crippen molar-refractivity contribution in [1.29, 1.82) is 0 Å². The van der Waals surface area contributed by atoms with E-state index in [1.807, 2.05) is 31.2 Å². The summed E-state index contributed by atoms with van der Waals surface area (Å²) in [5.74, 6) is -0.278. The van der Waals surface area contributed by atoms with Crippen LogP contribution < -0.4 is 15.4 Å². The lowest BCUT2D eigenvalue weighted by molar-refractivity contribution is -0.119. The van der Waals surface area contributed by atoms with Crippen molar-refractivity contribution in [3.63, 3.8) is 0 Å². The van der Waals surface area contributed by atoms with Gasteiger partial charge in [0.05, 0.1) is 10.6 Å². The van der Waals surface area contributed by atoms with E-state index in [1.54, 1.807) is 0 Å². The highest BCUT2D eigenvalue weighted by atomic mass is 32.2. The predicted molar refractivity (Wildman–Crippen MR) is 112 cm³/mol. The average Bonchev–Trinajstić information content (AvgIpc) is 3.25. The average molecular weight is 429 g/mol. The minimum absolute atomic E-state index is 0.0130. The Balaban J connectivity index is 1.55. The van der Waals surface area contributed by atoms with Gasteiger partial charge in [-0.25, -0.2) is 8.42 Å². The molecule has 1 saturated heterocycles. The number of carbonyl (C=O) groups excluding carboxylic acids is 2. The summed E-state index contributed by atoms with van der Waals surface area (Å²) in [6, 6.07) is 11.0. The summed E-state index contributed by atoms with van der Waals surface area (Å²) >= 11 is 0. The Kier molecular flexibility index (Phi) is 5.48. The summed E-state index contributed by atoms with van der Waals surface area (Å²) in [5, 5.41) is 5.44. The summed E-state index contributed by atoms with van der Waals surface area (Å²) < 4.78 is 33.0. The highest BCUT2D eigenvalue weighted by Crippen LogP contribution is 2.33. The molecule has 2 heterocycles. The molecule has 1 fully saturated rings. The molecule has 0 radical (unpaired) electrons. The van der Waals surface area contributed by atoms with Gasteiger partial charge in [0.2, 0.25) is 15.9 Å². The van der Waals surface area contributed by atoms with Gasteiger partial charge >= 0.3 is 0 Å². The zero-order chi connectivity index (χ0) is 21.3. The van der Waals surface area contributed by atoms with Crippen LogP contribution in [0.5, 0.6) is 5.75 Å². The number of hydrogen-bond donors (Lipinski definition) is 2. The first-order chi connectivity index (χ1) is 14.4. The van der Waals surface area contributed by atoms with Gasteiger partial charge in [-0.1, -0.05) is 19.1 Å². The highest BCUT2D eigenvalue weighted by molar-refractivity contribution is 7.89. The van der Waals surface area contributed by atoms with Crippen LogP contribution in [0.15, 0.2) is 47.4 Å². The first-order valence-electron chi connectivity index (χ1n) is 9.87. The minimum Gasteiger partial charge on any atom is -0.482 e. The van der Waals surface area contributed by atoms with E-state index >= 15 is 0 Å². The second-order valence-corrected chi connectivity index (χ2v) is 9.20. The van der Waals surface area contributed by atoms with E-state index in [0.29, 0.717) is 30.0 Å². The molecule has 0 saturated carbocycles. The molecule has 0 aliphatic carbocycles. The van der Waals surface area contributed by atoms with E-state index in [-0.39, 0.29) is 29.9 Å². The number of carbonyl (C=O) groups is 2. The number of ether oxygens (including phenoxy) is 1. The van der Waals surface area contributed by atoms with Gasteiger partial charge in [-0.3, -0.25) is 9.59 Å². The van der Waals surface area contributed by atoms with E-state index in [1.165, 1.54) is 22.5 Å². The van der Waals surface area contributed by atoms with E-state index in [2.05, 4.69) is 10.6 Å². The first-order valence-corrected chi connectivity index (χ1v) is 11.3. The molecular weight excluding hydrogens is 406 g/mol. The third kappa shape index (κ3) is 3.90. The van der Waals surface area contributed by atoms with Gasteiger partial charge < -0.3 is 15.4 Å². The number of nitrogens with zero attached hydrogens (tertiary/aromatic N) is 1. The van der Waals surface area contributed by atoms with Crippen molar-refractivity contribution < 1.29 is 22.7 Å². The van der Waals surface area contributed by atoms with Crippen molar-refractivity contribution in [3.8, 4) is 5.75 Å². The maximum Gasteiger partial charge on any atom is 0.262 e. The van der Waals surface area contributed by atoms with Crippen LogP contribution in [-0.2, 0) is 26.0 Å². The Morgan fingerprint density at radius 3 is 2.73 bits per heavy atom. The Hall–Kier alpha value is -2.91. The number of sulfonamides is 1. The number of anilines is 2. The number of benzene rings is 2. The summed E-state index contributed by atoms with van der Waals surface area (Å²) in [7, 11) is -3.92. The largest absolute Gasteiger partial charge is 0.482 e. The van der Waals surface area contributed by atoms with Gasteiger partial charge in [0.15, 0.2) is 6.61 Å². The second kappa shape index (κ2) is 8.08. The zero-order valence-corrected chi connectivity index (χ0v) is 17.4.